The Morgan fingerprint density at radius 3 is 2.38 bits per heavy atom. The molecule has 0 bridgehead atoms. The molecular weight excluding hydrogens is 423 g/mol. The van der Waals surface area contributed by atoms with Gasteiger partial charge in [-0.2, -0.15) is 0 Å². The van der Waals surface area contributed by atoms with E-state index in [0.717, 1.165) is 29.7 Å². The van der Waals surface area contributed by atoms with Gasteiger partial charge in [0.25, 0.3) is 11.8 Å². The quantitative estimate of drug-likeness (QED) is 0.514. The Morgan fingerprint density at radius 2 is 1.81 bits per heavy atom. The predicted molar refractivity (Wildman–Crippen MR) is 130 cm³/mol. The molecule has 0 unspecified atom stereocenters. The number of carbonyl (C=O) groups excluding carboxylic acids is 2. The van der Waals surface area contributed by atoms with E-state index in [1.54, 1.807) is 17.1 Å². The number of benzene rings is 1. The van der Waals surface area contributed by atoms with E-state index in [1.165, 1.54) is 35.6 Å². The Morgan fingerprint density at radius 1 is 1.19 bits per heavy atom. The second-order valence-corrected chi connectivity index (χ2v) is 10.4. The van der Waals surface area contributed by atoms with E-state index in [-0.39, 0.29) is 17.2 Å². The number of hydrogen-bond acceptors (Lipinski definition) is 3. The van der Waals surface area contributed by atoms with Crippen LogP contribution in [0.5, 0.6) is 0 Å². The van der Waals surface area contributed by atoms with Gasteiger partial charge in [0, 0.05) is 23.5 Å². The molecule has 1 N–H and O–H groups in total. The van der Waals surface area contributed by atoms with Crippen molar-refractivity contribution in [3.8, 4) is 0 Å². The normalized spacial score (nSPS) is 15.6. The third-order valence-electron chi connectivity index (χ3n) is 6.02. The minimum absolute atomic E-state index is 0.133. The molecule has 3 rings (SSSR count). The molecule has 0 spiro atoms. The molecule has 0 fully saturated rings. The minimum atomic E-state index is -0.401. The SMILES string of the molecule is C=CCN(CC=C)C(=O)c1c(NC(=O)c2ccc(F)cc2)sc2c1CC[C@H](C(C)(C)C)C2. The number of rotatable bonds is 7. The van der Waals surface area contributed by atoms with Crippen molar-refractivity contribution in [2.24, 2.45) is 11.3 Å². The lowest BCUT2D eigenvalue weighted by atomic mass is 9.72. The van der Waals surface area contributed by atoms with Crippen LogP contribution in [0.2, 0.25) is 0 Å². The topological polar surface area (TPSA) is 49.4 Å². The summed E-state index contributed by atoms with van der Waals surface area (Å²) in [6.07, 6.45) is 6.07. The van der Waals surface area contributed by atoms with Crippen LogP contribution in [0.15, 0.2) is 49.6 Å². The van der Waals surface area contributed by atoms with Crippen LogP contribution in [0, 0.1) is 17.2 Å². The first-order chi connectivity index (χ1) is 15.2. The van der Waals surface area contributed by atoms with Crippen molar-refractivity contribution in [1.82, 2.24) is 4.90 Å². The molecule has 170 valence electrons. The molecule has 4 nitrogen and oxygen atoms in total. The fourth-order valence-corrected chi connectivity index (χ4v) is 5.44. The summed E-state index contributed by atoms with van der Waals surface area (Å²) in [4.78, 5) is 29.3. The lowest BCUT2D eigenvalue weighted by Crippen LogP contribution is -2.33. The molecule has 1 aromatic carbocycles. The summed E-state index contributed by atoms with van der Waals surface area (Å²) in [5, 5.41) is 3.49. The first-order valence-electron chi connectivity index (χ1n) is 10.9. The van der Waals surface area contributed by atoms with Gasteiger partial charge in [-0.1, -0.05) is 32.9 Å². The molecule has 0 radical (unpaired) electrons. The number of amides is 2. The smallest absolute Gasteiger partial charge is 0.257 e. The van der Waals surface area contributed by atoms with Gasteiger partial charge in [-0.05, 0) is 60.4 Å². The molecular formula is C26H31FN2O2S. The van der Waals surface area contributed by atoms with Gasteiger partial charge in [-0.25, -0.2) is 4.39 Å². The lowest BCUT2D eigenvalue weighted by Gasteiger charge is -2.34. The van der Waals surface area contributed by atoms with Gasteiger partial charge in [-0.3, -0.25) is 9.59 Å². The fourth-order valence-electron chi connectivity index (χ4n) is 4.13. The molecule has 2 aromatic rings. The van der Waals surface area contributed by atoms with Crippen LogP contribution in [0.4, 0.5) is 9.39 Å². The third-order valence-corrected chi connectivity index (χ3v) is 7.19. The largest absolute Gasteiger partial charge is 0.331 e. The van der Waals surface area contributed by atoms with Gasteiger partial charge in [0.15, 0.2) is 0 Å². The fraction of sp³-hybridized carbons (Fsp3) is 0.385. The number of halogens is 1. The Labute approximate surface area is 193 Å². The Kier molecular flexibility index (Phi) is 7.34. The molecule has 0 saturated heterocycles. The molecule has 1 aromatic heterocycles. The zero-order valence-electron chi connectivity index (χ0n) is 19.0. The molecule has 1 aliphatic rings. The van der Waals surface area contributed by atoms with E-state index in [9.17, 15) is 14.0 Å². The van der Waals surface area contributed by atoms with Crippen molar-refractivity contribution >= 4 is 28.2 Å². The zero-order chi connectivity index (χ0) is 23.5. The summed E-state index contributed by atoms with van der Waals surface area (Å²) in [5.74, 6) is -0.383. The number of hydrogen-bond donors (Lipinski definition) is 1. The molecule has 32 heavy (non-hydrogen) atoms. The van der Waals surface area contributed by atoms with Crippen LogP contribution in [0.3, 0.4) is 0 Å². The maximum atomic E-state index is 13.6. The van der Waals surface area contributed by atoms with E-state index in [1.807, 2.05) is 0 Å². The van der Waals surface area contributed by atoms with E-state index >= 15 is 0 Å². The molecule has 1 heterocycles. The van der Waals surface area contributed by atoms with E-state index < -0.39 is 5.82 Å². The molecule has 0 saturated carbocycles. The number of carbonyl (C=O) groups is 2. The summed E-state index contributed by atoms with van der Waals surface area (Å²) < 4.78 is 13.3. The first-order valence-corrected chi connectivity index (χ1v) is 11.7. The maximum absolute atomic E-state index is 13.6. The Balaban J connectivity index is 2.01. The Bertz CT molecular complexity index is 1010. The second-order valence-electron chi connectivity index (χ2n) is 9.26. The van der Waals surface area contributed by atoms with Gasteiger partial charge >= 0.3 is 0 Å². The van der Waals surface area contributed by atoms with E-state index in [2.05, 4.69) is 39.2 Å². The van der Waals surface area contributed by atoms with Crippen LogP contribution in [0.1, 0.15) is 58.3 Å². The number of fused-ring (bicyclic) bond motifs is 1. The zero-order valence-corrected chi connectivity index (χ0v) is 19.9. The van der Waals surface area contributed by atoms with Crippen molar-refractivity contribution in [3.05, 3.63) is 77.0 Å². The highest BCUT2D eigenvalue weighted by molar-refractivity contribution is 7.17. The molecule has 1 atom stereocenters. The van der Waals surface area contributed by atoms with Crippen LogP contribution in [-0.4, -0.2) is 29.8 Å². The maximum Gasteiger partial charge on any atom is 0.257 e. The predicted octanol–water partition coefficient (Wildman–Crippen LogP) is 6.10. The van der Waals surface area contributed by atoms with Crippen molar-refractivity contribution in [3.63, 3.8) is 0 Å². The van der Waals surface area contributed by atoms with Crippen molar-refractivity contribution in [1.29, 1.82) is 0 Å². The number of nitrogens with zero attached hydrogens (tertiary/aromatic N) is 1. The summed E-state index contributed by atoms with van der Waals surface area (Å²) in [6, 6.07) is 5.39. The highest BCUT2D eigenvalue weighted by Gasteiger charge is 2.35. The van der Waals surface area contributed by atoms with Gasteiger partial charge < -0.3 is 10.2 Å². The highest BCUT2D eigenvalue weighted by atomic mass is 32.1. The summed E-state index contributed by atoms with van der Waals surface area (Å²) in [5.41, 5.74) is 2.11. The molecule has 6 heteroatoms. The summed E-state index contributed by atoms with van der Waals surface area (Å²) in [6.45, 7) is 15.1. The number of anilines is 1. The summed E-state index contributed by atoms with van der Waals surface area (Å²) >= 11 is 1.48. The summed E-state index contributed by atoms with van der Waals surface area (Å²) in [7, 11) is 0. The molecule has 1 aliphatic carbocycles. The second kappa shape index (κ2) is 9.82. The molecule has 2 amide bonds. The van der Waals surface area contributed by atoms with Gasteiger partial charge in [0.1, 0.15) is 10.8 Å². The van der Waals surface area contributed by atoms with Gasteiger partial charge in [0.2, 0.25) is 0 Å². The van der Waals surface area contributed by atoms with Crippen molar-refractivity contribution in [2.45, 2.75) is 40.0 Å². The average molecular weight is 455 g/mol. The van der Waals surface area contributed by atoms with Crippen LogP contribution < -0.4 is 5.32 Å². The minimum Gasteiger partial charge on any atom is -0.331 e. The van der Waals surface area contributed by atoms with Crippen molar-refractivity contribution in [2.75, 3.05) is 18.4 Å². The van der Waals surface area contributed by atoms with Crippen LogP contribution in [0.25, 0.3) is 0 Å². The van der Waals surface area contributed by atoms with Crippen LogP contribution in [-0.2, 0) is 12.8 Å². The average Bonchev–Trinajstić information content (AvgIpc) is 3.09. The molecule has 0 aliphatic heterocycles. The standard InChI is InChI=1S/C26H31FN2O2S/c1-6-14-29(15-7-2)25(31)22-20-13-10-18(26(3,4)5)16-21(20)32-24(22)28-23(30)17-8-11-19(27)12-9-17/h6-9,11-12,18H,1-2,10,13-16H2,3-5H3,(H,28,30)/t18-/m0/s1. The van der Waals surface area contributed by atoms with Gasteiger partial charge in [0.05, 0.1) is 5.56 Å². The first kappa shape index (κ1) is 23.9. The van der Waals surface area contributed by atoms with E-state index in [0.29, 0.717) is 35.1 Å². The number of nitrogens with one attached hydrogen (secondary N) is 1. The van der Waals surface area contributed by atoms with Gasteiger partial charge in [-0.15, -0.1) is 24.5 Å². The lowest BCUT2D eigenvalue weighted by molar-refractivity contribution is 0.0790. The van der Waals surface area contributed by atoms with Crippen molar-refractivity contribution < 1.29 is 14.0 Å². The monoisotopic (exact) mass is 454 g/mol. The van der Waals surface area contributed by atoms with E-state index in [4.69, 9.17) is 0 Å². The number of thiophene rings is 1. The highest BCUT2D eigenvalue weighted by Crippen LogP contribution is 2.44. The van der Waals surface area contributed by atoms with Crippen LogP contribution >= 0.6 is 11.3 Å². The Hall–Kier alpha value is -2.73. The third kappa shape index (κ3) is 5.18.